The molecule has 0 aromatic rings. The van der Waals surface area contributed by atoms with E-state index in [2.05, 4.69) is 10.2 Å². The van der Waals surface area contributed by atoms with E-state index in [1.807, 2.05) is 0 Å². The van der Waals surface area contributed by atoms with Gasteiger partial charge in [0.1, 0.15) is 0 Å². The first-order chi connectivity index (χ1) is 7.47. The Kier molecular flexibility index (Phi) is 10.7. The Morgan fingerprint density at radius 1 is 0.706 bits per heavy atom. The van der Waals surface area contributed by atoms with Crippen molar-refractivity contribution in [2.75, 3.05) is 26.2 Å². The molecule has 0 bridgehead atoms. The topological polar surface area (TPSA) is 15.3 Å². The predicted octanol–water partition coefficient (Wildman–Crippen LogP) is 3.24. The second kappa shape index (κ2) is 10.4. The SMILES string of the molecule is C1CCCCN(C2CCNCC2)CCC1.Cl.Cl. The molecule has 0 unspecified atom stereocenters. The first kappa shape index (κ1) is 17.5. The Balaban J connectivity index is 0.00000128. The van der Waals surface area contributed by atoms with Gasteiger partial charge < -0.3 is 10.2 Å². The molecule has 2 fully saturated rings. The van der Waals surface area contributed by atoms with Crippen molar-refractivity contribution >= 4 is 24.8 Å². The van der Waals surface area contributed by atoms with Gasteiger partial charge in [0, 0.05) is 6.04 Å². The summed E-state index contributed by atoms with van der Waals surface area (Å²) in [6, 6.07) is 0.893. The highest BCUT2D eigenvalue weighted by Crippen LogP contribution is 2.17. The smallest absolute Gasteiger partial charge is 0.0119 e. The van der Waals surface area contributed by atoms with Crippen molar-refractivity contribution in [3.63, 3.8) is 0 Å². The summed E-state index contributed by atoms with van der Waals surface area (Å²) in [6.45, 7) is 5.21. The third-order valence-electron chi connectivity index (χ3n) is 3.97. The highest BCUT2D eigenvalue weighted by atomic mass is 35.5. The summed E-state index contributed by atoms with van der Waals surface area (Å²) >= 11 is 0. The molecule has 4 heteroatoms. The maximum atomic E-state index is 3.47. The van der Waals surface area contributed by atoms with Crippen LogP contribution >= 0.6 is 24.8 Å². The van der Waals surface area contributed by atoms with Gasteiger partial charge in [0.05, 0.1) is 0 Å². The highest BCUT2D eigenvalue weighted by molar-refractivity contribution is 5.85. The minimum Gasteiger partial charge on any atom is -0.317 e. The minimum absolute atomic E-state index is 0. The number of hydrogen-bond donors (Lipinski definition) is 1. The van der Waals surface area contributed by atoms with Gasteiger partial charge in [-0.05, 0) is 51.9 Å². The second-order valence-corrected chi connectivity index (χ2v) is 5.14. The van der Waals surface area contributed by atoms with E-state index in [-0.39, 0.29) is 24.8 Å². The Morgan fingerprint density at radius 3 is 1.71 bits per heavy atom. The standard InChI is InChI=1S/C13H26N2.2ClH/c1-2-4-6-12-15(11-5-3-1)13-7-9-14-10-8-13;;/h13-14H,1-12H2;2*1H. The molecular weight excluding hydrogens is 255 g/mol. The van der Waals surface area contributed by atoms with Crippen molar-refractivity contribution in [2.45, 2.75) is 57.4 Å². The van der Waals surface area contributed by atoms with E-state index in [9.17, 15) is 0 Å². The molecule has 0 aromatic carbocycles. The van der Waals surface area contributed by atoms with E-state index in [0.29, 0.717) is 0 Å². The van der Waals surface area contributed by atoms with Gasteiger partial charge in [-0.25, -0.2) is 0 Å². The van der Waals surface area contributed by atoms with E-state index in [1.165, 1.54) is 77.5 Å². The molecule has 104 valence electrons. The second-order valence-electron chi connectivity index (χ2n) is 5.14. The lowest BCUT2D eigenvalue weighted by Crippen LogP contribution is -2.43. The molecule has 0 radical (unpaired) electrons. The van der Waals surface area contributed by atoms with Crippen LogP contribution in [0.2, 0.25) is 0 Å². The maximum Gasteiger partial charge on any atom is 0.0119 e. The summed E-state index contributed by atoms with van der Waals surface area (Å²) < 4.78 is 0. The van der Waals surface area contributed by atoms with Crippen LogP contribution in [0.4, 0.5) is 0 Å². The summed E-state index contributed by atoms with van der Waals surface area (Å²) in [5, 5.41) is 3.47. The quantitative estimate of drug-likeness (QED) is 0.794. The van der Waals surface area contributed by atoms with E-state index < -0.39 is 0 Å². The lowest BCUT2D eigenvalue weighted by molar-refractivity contribution is 0.159. The Labute approximate surface area is 119 Å². The van der Waals surface area contributed by atoms with Crippen molar-refractivity contribution in [1.29, 1.82) is 0 Å². The zero-order valence-electron chi connectivity index (χ0n) is 10.8. The molecule has 0 aliphatic carbocycles. The zero-order chi connectivity index (χ0) is 10.3. The average molecular weight is 283 g/mol. The van der Waals surface area contributed by atoms with Crippen LogP contribution in [0.15, 0.2) is 0 Å². The van der Waals surface area contributed by atoms with Crippen LogP contribution in [0.25, 0.3) is 0 Å². The van der Waals surface area contributed by atoms with Crippen molar-refractivity contribution in [2.24, 2.45) is 0 Å². The molecule has 2 nitrogen and oxygen atoms in total. The lowest BCUT2D eigenvalue weighted by atomic mass is 10.0. The van der Waals surface area contributed by atoms with E-state index in [4.69, 9.17) is 0 Å². The zero-order valence-corrected chi connectivity index (χ0v) is 12.5. The van der Waals surface area contributed by atoms with Gasteiger partial charge in [-0.1, -0.05) is 25.7 Å². The largest absolute Gasteiger partial charge is 0.317 e. The highest BCUT2D eigenvalue weighted by Gasteiger charge is 2.20. The predicted molar refractivity (Wildman–Crippen MR) is 79.7 cm³/mol. The van der Waals surface area contributed by atoms with Gasteiger partial charge in [0.15, 0.2) is 0 Å². The third-order valence-corrected chi connectivity index (χ3v) is 3.97. The molecule has 2 saturated heterocycles. The summed E-state index contributed by atoms with van der Waals surface area (Å²) in [7, 11) is 0. The normalized spacial score (nSPS) is 24.7. The number of hydrogen-bond acceptors (Lipinski definition) is 2. The Morgan fingerprint density at radius 2 is 1.18 bits per heavy atom. The van der Waals surface area contributed by atoms with Crippen molar-refractivity contribution in [3.8, 4) is 0 Å². The van der Waals surface area contributed by atoms with Crippen molar-refractivity contribution in [1.82, 2.24) is 10.2 Å². The van der Waals surface area contributed by atoms with Crippen molar-refractivity contribution < 1.29 is 0 Å². The van der Waals surface area contributed by atoms with Crippen LogP contribution in [0.5, 0.6) is 0 Å². The van der Waals surface area contributed by atoms with Gasteiger partial charge in [-0.2, -0.15) is 0 Å². The average Bonchev–Trinajstić information content (AvgIpc) is 2.43. The number of piperidine rings is 1. The minimum atomic E-state index is 0. The van der Waals surface area contributed by atoms with Gasteiger partial charge in [-0.3, -0.25) is 0 Å². The monoisotopic (exact) mass is 282 g/mol. The molecule has 0 amide bonds. The molecule has 0 atom stereocenters. The van der Waals surface area contributed by atoms with Crippen LogP contribution in [-0.2, 0) is 0 Å². The molecule has 17 heavy (non-hydrogen) atoms. The molecule has 2 heterocycles. The molecule has 2 rings (SSSR count). The Bertz CT molecular complexity index is 163. The summed E-state index contributed by atoms with van der Waals surface area (Å²) in [5.74, 6) is 0. The number of rotatable bonds is 1. The van der Waals surface area contributed by atoms with Crippen LogP contribution in [0, 0.1) is 0 Å². The fourth-order valence-corrected chi connectivity index (χ4v) is 2.99. The molecule has 2 aliphatic heterocycles. The fraction of sp³-hybridized carbons (Fsp3) is 1.00. The molecular formula is C13H28Cl2N2. The van der Waals surface area contributed by atoms with Gasteiger partial charge in [-0.15, -0.1) is 24.8 Å². The van der Waals surface area contributed by atoms with E-state index in [1.54, 1.807) is 0 Å². The molecule has 0 aromatic heterocycles. The first-order valence-electron chi connectivity index (χ1n) is 6.91. The van der Waals surface area contributed by atoms with Crippen molar-refractivity contribution in [3.05, 3.63) is 0 Å². The van der Waals surface area contributed by atoms with Gasteiger partial charge in [0.25, 0.3) is 0 Å². The molecule has 0 spiro atoms. The van der Waals surface area contributed by atoms with E-state index >= 15 is 0 Å². The van der Waals surface area contributed by atoms with Crippen LogP contribution in [-0.4, -0.2) is 37.1 Å². The number of nitrogens with zero attached hydrogens (tertiary/aromatic N) is 1. The van der Waals surface area contributed by atoms with Crippen LogP contribution < -0.4 is 5.32 Å². The number of halogens is 2. The maximum absolute atomic E-state index is 3.47. The summed E-state index contributed by atoms with van der Waals surface area (Å²) in [4.78, 5) is 2.78. The fourth-order valence-electron chi connectivity index (χ4n) is 2.99. The summed E-state index contributed by atoms with van der Waals surface area (Å²) in [6.07, 6.45) is 11.5. The van der Waals surface area contributed by atoms with Gasteiger partial charge >= 0.3 is 0 Å². The third kappa shape index (κ3) is 6.28. The summed E-state index contributed by atoms with van der Waals surface area (Å²) in [5.41, 5.74) is 0. The molecule has 0 saturated carbocycles. The Hall–Kier alpha value is 0.500. The van der Waals surface area contributed by atoms with Crippen LogP contribution in [0.3, 0.4) is 0 Å². The number of nitrogens with one attached hydrogen (secondary N) is 1. The molecule has 2 aliphatic rings. The van der Waals surface area contributed by atoms with Gasteiger partial charge in [0.2, 0.25) is 0 Å². The van der Waals surface area contributed by atoms with Crippen LogP contribution in [0.1, 0.15) is 51.4 Å². The lowest BCUT2D eigenvalue weighted by Gasteiger charge is -2.34. The first-order valence-corrected chi connectivity index (χ1v) is 6.91. The molecule has 1 N–H and O–H groups in total. The van der Waals surface area contributed by atoms with E-state index in [0.717, 1.165) is 6.04 Å².